The lowest BCUT2D eigenvalue weighted by atomic mass is 10.1. The molecule has 2 rings (SSSR count). The number of hydrogen-bond donors (Lipinski definition) is 1. The first-order valence-electron chi connectivity index (χ1n) is 6.07. The second-order valence-corrected chi connectivity index (χ2v) is 5.60. The Morgan fingerprint density at radius 1 is 1.45 bits per heavy atom. The quantitative estimate of drug-likeness (QED) is 0.901. The van der Waals surface area contributed by atoms with Crippen LogP contribution in [0.4, 0.5) is 18.9 Å². The fourth-order valence-corrected chi connectivity index (χ4v) is 2.06. The molecule has 3 nitrogen and oxygen atoms in total. The number of nitriles is 1. The van der Waals surface area contributed by atoms with Gasteiger partial charge in [0.1, 0.15) is 6.07 Å². The zero-order valence-electron chi connectivity index (χ0n) is 11.0. The molecule has 0 heterocycles. The molecule has 1 N–H and O–H groups in total. The first-order valence-corrected chi connectivity index (χ1v) is 6.07. The van der Waals surface area contributed by atoms with Crippen LogP contribution in [0.15, 0.2) is 18.2 Å². The Hall–Kier alpha value is -2.03. The Balaban J connectivity index is 2.21. The minimum Gasteiger partial charge on any atom is -0.325 e. The summed E-state index contributed by atoms with van der Waals surface area (Å²) in [4.78, 5) is 11.9. The molecule has 0 aliphatic heterocycles. The van der Waals surface area contributed by atoms with Crippen LogP contribution >= 0.6 is 0 Å². The van der Waals surface area contributed by atoms with Gasteiger partial charge in [-0.25, -0.2) is 0 Å². The minimum absolute atomic E-state index is 0.0806. The van der Waals surface area contributed by atoms with Gasteiger partial charge in [0.2, 0.25) is 5.91 Å². The Morgan fingerprint density at radius 3 is 2.50 bits per heavy atom. The van der Waals surface area contributed by atoms with E-state index in [2.05, 4.69) is 5.32 Å². The van der Waals surface area contributed by atoms with Gasteiger partial charge in [-0.15, -0.1) is 0 Å². The maximum Gasteiger partial charge on any atom is 0.416 e. The average Bonchev–Trinajstić information content (AvgIpc) is 2.97. The van der Waals surface area contributed by atoms with Crippen LogP contribution in [0.3, 0.4) is 0 Å². The van der Waals surface area contributed by atoms with Gasteiger partial charge in [0, 0.05) is 5.92 Å². The number of nitrogens with zero attached hydrogens (tertiary/aromatic N) is 1. The number of anilines is 1. The van der Waals surface area contributed by atoms with Crippen LogP contribution in [-0.4, -0.2) is 5.91 Å². The number of alkyl halides is 3. The second-order valence-electron chi connectivity index (χ2n) is 5.60. The van der Waals surface area contributed by atoms with Gasteiger partial charge in [0.05, 0.1) is 16.8 Å². The minimum atomic E-state index is -4.51. The highest BCUT2D eigenvalue weighted by atomic mass is 19.4. The second kappa shape index (κ2) is 4.51. The van der Waals surface area contributed by atoms with Gasteiger partial charge in [0.25, 0.3) is 0 Å². The lowest BCUT2D eigenvalue weighted by Gasteiger charge is -2.11. The van der Waals surface area contributed by atoms with Crippen LogP contribution in [0, 0.1) is 22.7 Å². The third kappa shape index (κ3) is 2.77. The Bertz CT molecular complexity index is 599. The molecular formula is C14H13F3N2O. The molecule has 1 aromatic rings. The number of halogens is 3. The van der Waals surface area contributed by atoms with Crippen molar-refractivity contribution < 1.29 is 18.0 Å². The summed E-state index contributed by atoms with van der Waals surface area (Å²) < 4.78 is 37.6. The van der Waals surface area contributed by atoms with Gasteiger partial charge in [-0.05, 0) is 30.0 Å². The van der Waals surface area contributed by atoms with Gasteiger partial charge >= 0.3 is 6.18 Å². The van der Waals surface area contributed by atoms with Crippen molar-refractivity contribution in [3.8, 4) is 6.07 Å². The molecule has 0 spiro atoms. The Morgan fingerprint density at radius 2 is 2.05 bits per heavy atom. The molecule has 1 saturated carbocycles. The van der Waals surface area contributed by atoms with E-state index in [0.717, 1.165) is 24.6 Å². The summed E-state index contributed by atoms with van der Waals surface area (Å²) in [6, 6.07) is 4.40. The number of carbonyl (C=O) groups excluding carboxylic acids is 1. The van der Waals surface area contributed by atoms with Crippen LogP contribution in [0.25, 0.3) is 0 Å². The summed E-state index contributed by atoms with van der Waals surface area (Å²) in [6.07, 6.45) is -3.77. The van der Waals surface area contributed by atoms with Crippen LogP contribution in [0.5, 0.6) is 0 Å². The van der Waals surface area contributed by atoms with Gasteiger partial charge in [-0.3, -0.25) is 4.79 Å². The van der Waals surface area contributed by atoms with E-state index >= 15 is 0 Å². The van der Waals surface area contributed by atoms with Crippen molar-refractivity contribution in [2.45, 2.75) is 26.4 Å². The molecular weight excluding hydrogens is 269 g/mol. The third-order valence-electron chi connectivity index (χ3n) is 3.56. The van der Waals surface area contributed by atoms with Crippen molar-refractivity contribution >= 4 is 11.6 Å². The normalized spacial score (nSPS) is 20.1. The molecule has 1 fully saturated rings. The monoisotopic (exact) mass is 282 g/mol. The molecule has 0 bridgehead atoms. The van der Waals surface area contributed by atoms with Crippen molar-refractivity contribution in [3.63, 3.8) is 0 Å². The molecule has 1 amide bonds. The summed E-state index contributed by atoms with van der Waals surface area (Å²) >= 11 is 0. The van der Waals surface area contributed by atoms with Crippen molar-refractivity contribution in [2.24, 2.45) is 11.3 Å². The van der Waals surface area contributed by atoms with Gasteiger partial charge in [0.15, 0.2) is 0 Å². The molecule has 0 radical (unpaired) electrons. The van der Waals surface area contributed by atoms with E-state index in [0.29, 0.717) is 0 Å². The van der Waals surface area contributed by atoms with E-state index in [-0.39, 0.29) is 28.5 Å². The van der Waals surface area contributed by atoms with Gasteiger partial charge < -0.3 is 5.32 Å². The molecule has 106 valence electrons. The Kier molecular flexibility index (Phi) is 3.24. The molecule has 1 unspecified atom stereocenters. The maximum atomic E-state index is 12.5. The largest absolute Gasteiger partial charge is 0.416 e. The number of carbonyl (C=O) groups is 1. The topological polar surface area (TPSA) is 52.9 Å². The first-order chi connectivity index (χ1) is 9.15. The first kappa shape index (κ1) is 14.4. The summed E-state index contributed by atoms with van der Waals surface area (Å²) in [5.41, 5.74) is -1.05. The summed E-state index contributed by atoms with van der Waals surface area (Å²) in [7, 11) is 0. The fraction of sp³-hybridized carbons (Fsp3) is 0.429. The highest BCUT2D eigenvalue weighted by Gasteiger charge is 2.50. The van der Waals surface area contributed by atoms with Crippen molar-refractivity contribution in [2.75, 3.05) is 5.32 Å². The van der Waals surface area contributed by atoms with Crippen LogP contribution in [0.2, 0.25) is 0 Å². The van der Waals surface area contributed by atoms with E-state index in [9.17, 15) is 18.0 Å². The summed E-state index contributed by atoms with van der Waals surface area (Å²) in [5, 5.41) is 11.4. The predicted octanol–water partition coefficient (Wildman–Crippen LogP) is 3.56. The number of hydrogen-bond acceptors (Lipinski definition) is 2. The lowest BCUT2D eigenvalue weighted by molar-refractivity contribution is -0.137. The predicted molar refractivity (Wildman–Crippen MR) is 66.7 cm³/mol. The van der Waals surface area contributed by atoms with Crippen molar-refractivity contribution in [1.29, 1.82) is 5.26 Å². The van der Waals surface area contributed by atoms with Crippen molar-refractivity contribution in [1.82, 2.24) is 0 Å². The molecule has 20 heavy (non-hydrogen) atoms. The average molecular weight is 282 g/mol. The number of amides is 1. The molecule has 1 aliphatic rings. The SMILES string of the molecule is CC1(C)CC1C(=O)Nc1ccc(C(F)(F)F)cc1C#N. The zero-order chi connectivity index (χ0) is 15.1. The standard InChI is InChI=1S/C14H13F3N2O/c1-13(2)6-10(13)12(20)19-11-4-3-9(14(15,16)17)5-8(11)7-18/h3-5,10H,6H2,1-2H3,(H,19,20). The highest BCUT2D eigenvalue weighted by molar-refractivity contribution is 5.96. The Labute approximate surface area is 114 Å². The maximum absolute atomic E-state index is 12.5. The van der Waals surface area contributed by atoms with E-state index in [1.807, 2.05) is 13.8 Å². The molecule has 0 aromatic heterocycles. The summed E-state index contributed by atoms with van der Waals surface area (Å²) in [6.45, 7) is 3.88. The fourth-order valence-electron chi connectivity index (χ4n) is 2.06. The molecule has 1 aromatic carbocycles. The number of nitrogens with one attached hydrogen (secondary N) is 1. The smallest absolute Gasteiger partial charge is 0.325 e. The zero-order valence-corrected chi connectivity index (χ0v) is 11.0. The number of benzene rings is 1. The van der Waals surface area contributed by atoms with Crippen LogP contribution in [-0.2, 0) is 11.0 Å². The molecule has 1 atom stereocenters. The molecule has 6 heteroatoms. The van der Waals surface area contributed by atoms with Crippen molar-refractivity contribution in [3.05, 3.63) is 29.3 Å². The van der Waals surface area contributed by atoms with Crippen LogP contribution < -0.4 is 5.32 Å². The third-order valence-corrected chi connectivity index (χ3v) is 3.56. The van der Waals surface area contributed by atoms with Gasteiger partial charge in [-0.2, -0.15) is 18.4 Å². The summed E-state index contributed by atoms with van der Waals surface area (Å²) in [5.74, 6) is -0.414. The molecule has 0 saturated heterocycles. The number of rotatable bonds is 2. The van der Waals surface area contributed by atoms with E-state index in [1.54, 1.807) is 6.07 Å². The van der Waals surface area contributed by atoms with E-state index in [4.69, 9.17) is 5.26 Å². The molecule has 1 aliphatic carbocycles. The highest BCUT2D eigenvalue weighted by Crippen LogP contribution is 2.52. The lowest BCUT2D eigenvalue weighted by Crippen LogP contribution is -2.17. The van der Waals surface area contributed by atoms with E-state index in [1.165, 1.54) is 0 Å². The van der Waals surface area contributed by atoms with Gasteiger partial charge in [-0.1, -0.05) is 13.8 Å². The van der Waals surface area contributed by atoms with E-state index < -0.39 is 11.7 Å². The van der Waals surface area contributed by atoms with Crippen LogP contribution in [0.1, 0.15) is 31.4 Å².